The largest absolute Gasteiger partial charge is 0.384 e. The van der Waals surface area contributed by atoms with E-state index >= 15 is 0 Å². The molecule has 0 aliphatic rings. The van der Waals surface area contributed by atoms with Crippen molar-refractivity contribution >= 4 is 22.7 Å². The van der Waals surface area contributed by atoms with Gasteiger partial charge in [0.05, 0.1) is 11.6 Å². The van der Waals surface area contributed by atoms with Gasteiger partial charge in [-0.3, -0.25) is 4.68 Å². The Morgan fingerprint density at radius 1 is 1.20 bits per heavy atom. The predicted molar refractivity (Wildman–Crippen MR) is 77.1 cm³/mol. The second kappa shape index (κ2) is 4.76. The van der Waals surface area contributed by atoms with Gasteiger partial charge in [0.2, 0.25) is 0 Å². The Hall–Kier alpha value is -2.70. The van der Waals surface area contributed by atoms with Gasteiger partial charge in [-0.15, -0.1) is 0 Å². The molecule has 20 heavy (non-hydrogen) atoms. The lowest BCUT2D eigenvalue weighted by molar-refractivity contribution is 0.785. The first-order chi connectivity index (χ1) is 9.65. The maximum Gasteiger partial charge on any atom is 0.163 e. The van der Waals surface area contributed by atoms with Gasteiger partial charge in [-0.1, -0.05) is 6.07 Å². The number of aromatic nitrogens is 5. The topological polar surface area (TPSA) is 85.8 Å². The molecule has 0 spiro atoms. The zero-order valence-corrected chi connectivity index (χ0v) is 11.4. The Morgan fingerprint density at radius 3 is 2.80 bits per heavy atom. The van der Waals surface area contributed by atoms with Crippen molar-refractivity contribution in [3.05, 3.63) is 36.4 Å². The number of nitrogens with zero attached hydrogens (tertiary/aromatic N) is 6. The van der Waals surface area contributed by atoms with Gasteiger partial charge in [0.1, 0.15) is 18.0 Å². The Kier molecular flexibility index (Phi) is 2.94. The summed E-state index contributed by atoms with van der Waals surface area (Å²) in [5, 5.41) is 5.15. The average Bonchev–Trinajstić information content (AvgIpc) is 2.83. The normalized spacial score (nSPS) is 10.9. The van der Waals surface area contributed by atoms with Gasteiger partial charge in [0, 0.05) is 26.8 Å². The minimum atomic E-state index is 0.521. The smallest absolute Gasteiger partial charge is 0.163 e. The molecular weight excluding hydrogens is 254 g/mol. The third-order valence-electron chi connectivity index (χ3n) is 3.14. The second-order valence-corrected chi connectivity index (χ2v) is 4.65. The van der Waals surface area contributed by atoms with E-state index in [-0.39, 0.29) is 0 Å². The molecule has 0 aliphatic carbocycles. The van der Waals surface area contributed by atoms with Crippen LogP contribution in [0.3, 0.4) is 0 Å². The Morgan fingerprint density at radius 2 is 2.05 bits per heavy atom. The summed E-state index contributed by atoms with van der Waals surface area (Å²) >= 11 is 0. The summed E-state index contributed by atoms with van der Waals surface area (Å²) in [5.41, 5.74) is 7.47. The minimum absolute atomic E-state index is 0.521. The Labute approximate surface area is 116 Å². The van der Waals surface area contributed by atoms with Crippen LogP contribution in [0.25, 0.3) is 11.0 Å². The average molecular weight is 269 g/mol. The van der Waals surface area contributed by atoms with Crippen molar-refractivity contribution in [2.24, 2.45) is 7.05 Å². The SMILES string of the molecule is CN(Cc1ccc(N)nc1)c1ncnc2c1cnn2C. The molecule has 0 radical (unpaired) electrons. The summed E-state index contributed by atoms with van der Waals surface area (Å²) in [7, 11) is 3.84. The fourth-order valence-electron chi connectivity index (χ4n) is 2.13. The number of nitrogens with two attached hydrogens (primary N) is 1. The molecule has 0 fully saturated rings. The summed E-state index contributed by atoms with van der Waals surface area (Å²) < 4.78 is 1.74. The van der Waals surface area contributed by atoms with Crippen molar-refractivity contribution in [1.29, 1.82) is 0 Å². The second-order valence-electron chi connectivity index (χ2n) is 4.65. The molecule has 0 saturated carbocycles. The van der Waals surface area contributed by atoms with E-state index in [4.69, 9.17) is 5.73 Å². The van der Waals surface area contributed by atoms with E-state index in [0.717, 1.165) is 22.4 Å². The first kappa shape index (κ1) is 12.3. The summed E-state index contributed by atoms with van der Waals surface area (Å²) in [4.78, 5) is 14.7. The van der Waals surface area contributed by atoms with Crippen molar-refractivity contribution in [3.8, 4) is 0 Å². The quantitative estimate of drug-likeness (QED) is 0.762. The fourth-order valence-corrected chi connectivity index (χ4v) is 2.13. The number of fused-ring (bicyclic) bond motifs is 1. The lowest BCUT2D eigenvalue weighted by Crippen LogP contribution is -2.18. The maximum atomic E-state index is 5.59. The van der Waals surface area contributed by atoms with Crippen molar-refractivity contribution in [2.45, 2.75) is 6.54 Å². The highest BCUT2D eigenvalue weighted by atomic mass is 15.3. The number of rotatable bonds is 3. The highest BCUT2D eigenvalue weighted by Crippen LogP contribution is 2.22. The number of hydrogen-bond donors (Lipinski definition) is 1. The molecule has 0 bridgehead atoms. The number of aryl methyl sites for hydroxylation is 1. The fraction of sp³-hybridized carbons (Fsp3) is 0.231. The van der Waals surface area contributed by atoms with Gasteiger partial charge in [-0.25, -0.2) is 15.0 Å². The molecule has 0 unspecified atom stereocenters. The molecule has 7 heteroatoms. The van der Waals surface area contributed by atoms with Gasteiger partial charge in [0.15, 0.2) is 5.65 Å². The number of hydrogen-bond acceptors (Lipinski definition) is 6. The molecule has 0 aliphatic heterocycles. The van der Waals surface area contributed by atoms with E-state index in [0.29, 0.717) is 12.4 Å². The predicted octanol–water partition coefficient (Wildman–Crippen LogP) is 0.977. The van der Waals surface area contributed by atoms with Crippen LogP contribution in [0.5, 0.6) is 0 Å². The van der Waals surface area contributed by atoms with Crippen molar-refractivity contribution in [2.75, 3.05) is 17.7 Å². The first-order valence-corrected chi connectivity index (χ1v) is 6.19. The molecule has 7 nitrogen and oxygen atoms in total. The Balaban J connectivity index is 1.92. The summed E-state index contributed by atoms with van der Waals surface area (Å²) in [5.74, 6) is 1.37. The van der Waals surface area contributed by atoms with Gasteiger partial charge >= 0.3 is 0 Å². The van der Waals surface area contributed by atoms with Gasteiger partial charge in [-0.05, 0) is 11.6 Å². The molecular formula is C13H15N7. The van der Waals surface area contributed by atoms with Gasteiger partial charge in [0.25, 0.3) is 0 Å². The minimum Gasteiger partial charge on any atom is -0.384 e. The van der Waals surface area contributed by atoms with E-state index in [9.17, 15) is 0 Å². The number of pyridine rings is 1. The molecule has 102 valence electrons. The van der Waals surface area contributed by atoms with Crippen LogP contribution >= 0.6 is 0 Å². The van der Waals surface area contributed by atoms with E-state index in [2.05, 4.69) is 20.1 Å². The van der Waals surface area contributed by atoms with Crippen LogP contribution in [-0.2, 0) is 13.6 Å². The van der Waals surface area contributed by atoms with E-state index in [1.807, 2.05) is 25.1 Å². The van der Waals surface area contributed by atoms with Crippen molar-refractivity contribution in [3.63, 3.8) is 0 Å². The number of nitrogen functional groups attached to an aromatic ring is 1. The van der Waals surface area contributed by atoms with Crippen LogP contribution in [0.2, 0.25) is 0 Å². The monoisotopic (exact) mass is 269 g/mol. The molecule has 2 N–H and O–H groups in total. The van der Waals surface area contributed by atoms with Crippen LogP contribution in [0, 0.1) is 0 Å². The molecule has 0 amide bonds. The van der Waals surface area contributed by atoms with Gasteiger partial charge in [-0.2, -0.15) is 5.10 Å². The molecule has 3 aromatic heterocycles. The van der Waals surface area contributed by atoms with Gasteiger partial charge < -0.3 is 10.6 Å². The molecule has 3 rings (SSSR count). The lowest BCUT2D eigenvalue weighted by atomic mass is 10.2. The zero-order valence-electron chi connectivity index (χ0n) is 11.4. The third kappa shape index (κ3) is 2.13. The van der Waals surface area contributed by atoms with Crippen molar-refractivity contribution in [1.82, 2.24) is 24.7 Å². The standard InChI is InChI=1S/C13H15N7/c1-19(7-9-3-4-11(14)15-5-9)12-10-6-18-20(2)13(10)17-8-16-12/h3-6,8H,7H2,1-2H3,(H2,14,15). The van der Waals surface area contributed by atoms with Crippen LogP contribution in [0.4, 0.5) is 11.6 Å². The zero-order chi connectivity index (χ0) is 14.1. The van der Waals surface area contributed by atoms with E-state index in [1.54, 1.807) is 29.5 Å². The first-order valence-electron chi connectivity index (χ1n) is 6.19. The molecule has 0 saturated heterocycles. The molecule has 0 atom stereocenters. The van der Waals surface area contributed by atoms with Crippen LogP contribution in [0.1, 0.15) is 5.56 Å². The lowest BCUT2D eigenvalue weighted by Gasteiger charge is -2.18. The van der Waals surface area contributed by atoms with Crippen LogP contribution in [-0.4, -0.2) is 31.8 Å². The molecule has 3 heterocycles. The summed E-state index contributed by atoms with van der Waals surface area (Å²) in [6, 6.07) is 3.75. The molecule has 3 aromatic rings. The van der Waals surface area contributed by atoms with Crippen molar-refractivity contribution < 1.29 is 0 Å². The Bertz CT molecular complexity index is 732. The molecule has 0 aromatic carbocycles. The van der Waals surface area contributed by atoms with Crippen LogP contribution < -0.4 is 10.6 Å². The number of anilines is 2. The van der Waals surface area contributed by atoms with Crippen LogP contribution in [0.15, 0.2) is 30.9 Å². The summed E-state index contributed by atoms with van der Waals surface area (Å²) in [6.45, 7) is 0.689. The highest BCUT2D eigenvalue weighted by molar-refractivity contribution is 5.86. The summed E-state index contributed by atoms with van der Waals surface area (Å²) in [6.07, 6.45) is 5.10. The maximum absolute atomic E-state index is 5.59. The highest BCUT2D eigenvalue weighted by Gasteiger charge is 2.12. The van der Waals surface area contributed by atoms with E-state index in [1.165, 1.54) is 0 Å². The van der Waals surface area contributed by atoms with E-state index < -0.39 is 0 Å². The third-order valence-corrected chi connectivity index (χ3v) is 3.14.